The first-order chi connectivity index (χ1) is 9.29. The maximum absolute atomic E-state index is 5.23. The van der Waals surface area contributed by atoms with E-state index in [2.05, 4.69) is 34.2 Å². The van der Waals surface area contributed by atoms with Gasteiger partial charge in [-0.15, -0.1) is 0 Å². The second kappa shape index (κ2) is 7.29. The summed E-state index contributed by atoms with van der Waals surface area (Å²) in [5.41, 5.74) is 1.07. The van der Waals surface area contributed by atoms with Crippen LogP contribution in [0.3, 0.4) is 0 Å². The first kappa shape index (κ1) is 14.1. The molecule has 0 aromatic carbocycles. The molecular weight excluding hydrogens is 236 g/mol. The van der Waals surface area contributed by atoms with Gasteiger partial charge in [0.25, 0.3) is 0 Å². The van der Waals surface area contributed by atoms with Crippen LogP contribution in [0.2, 0.25) is 0 Å². The predicted octanol–water partition coefficient (Wildman–Crippen LogP) is 3.20. The summed E-state index contributed by atoms with van der Waals surface area (Å²) in [6.07, 6.45) is 8.29. The Kier molecular flexibility index (Phi) is 5.40. The normalized spacial score (nSPS) is 18.5. The van der Waals surface area contributed by atoms with Gasteiger partial charge in [0.1, 0.15) is 5.82 Å². The lowest BCUT2D eigenvalue weighted by Crippen LogP contribution is -2.33. The Morgan fingerprint density at radius 3 is 2.95 bits per heavy atom. The van der Waals surface area contributed by atoms with Gasteiger partial charge in [-0.1, -0.05) is 18.2 Å². The van der Waals surface area contributed by atoms with Gasteiger partial charge in [-0.05, 0) is 44.2 Å². The minimum Gasteiger partial charge on any atom is -0.383 e. The van der Waals surface area contributed by atoms with Crippen molar-refractivity contribution >= 4 is 5.82 Å². The summed E-state index contributed by atoms with van der Waals surface area (Å²) >= 11 is 0. The van der Waals surface area contributed by atoms with Crippen LogP contribution in [0.25, 0.3) is 0 Å². The van der Waals surface area contributed by atoms with Crippen molar-refractivity contribution in [1.29, 1.82) is 0 Å². The van der Waals surface area contributed by atoms with Crippen LogP contribution in [0.4, 0.5) is 5.82 Å². The number of nitrogens with zero attached hydrogens (tertiary/aromatic N) is 2. The van der Waals surface area contributed by atoms with Gasteiger partial charge in [-0.3, -0.25) is 0 Å². The highest BCUT2D eigenvalue weighted by molar-refractivity contribution is 5.39. The first-order valence-electron chi connectivity index (χ1n) is 7.12. The molecule has 1 atom stereocenters. The molecule has 3 nitrogen and oxygen atoms in total. The number of pyridine rings is 1. The number of hydrogen-bond donors (Lipinski definition) is 0. The van der Waals surface area contributed by atoms with E-state index in [1.807, 2.05) is 13.0 Å². The number of ether oxygens (including phenoxy) is 1. The van der Waals surface area contributed by atoms with Gasteiger partial charge in [0, 0.05) is 25.9 Å². The average molecular weight is 260 g/mol. The number of hydrogen-bond acceptors (Lipinski definition) is 3. The monoisotopic (exact) mass is 260 g/mol. The van der Waals surface area contributed by atoms with Gasteiger partial charge in [0.15, 0.2) is 0 Å². The number of anilines is 1. The fourth-order valence-corrected chi connectivity index (χ4v) is 2.54. The maximum Gasteiger partial charge on any atom is 0.128 e. The molecule has 1 heterocycles. The van der Waals surface area contributed by atoms with Crippen molar-refractivity contribution in [2.24, 2.45) is 5.92 Å². The minimum atomic E-state index is 0.740. The summed E-state index contributed by atoms with van der Waals surface area (Å²) in [7, 11) is 1.76. The summed E-state index contributed by atoms with van der Waals surface area (Å²) in [4.78, 5) is 7.01. The molecule has 0 N–H and O–H groups in total. The van der Waals surface area contributed by atoms with Crippen molar-refractivity contribution in [2.45, 2.75) is 26.2 Å². The van der Waals surface area contributed by atoms with E-state index in [0.29, 0.717) is 0 Å². The van der Waals surface area contributed by atoms with Gasteiger partial charge in [0.05, 0.1) is 6.61 Å². The van der Waals surface area contributed by atoms with Crippen LogP contribution in [0.1, 0.15) is 25.0 Å². The molecule has 1 aromatic heterocycles. The van der Waals surface area contributed by atoms with E-state index in [0.717, 1.165) is 37.1 Å². The van der Waals surface area contributed by atoms with Crippen molar-refractivity contribution in [2.75, 3.05) is 31.7 Å². The van der Waals surface area contributed by atoms with Gasteiger partial charge in [-0.2, -0.15) is 0 Å². The topological polar surface area (TPSA) is 25.4 Å². The second-order valence-corrected chi connectivity index (χ2v) is 5.23. The zero-order valence-corrected chi connectivity index (χ0v) is 12.0. The summed E-state index contributed by atoms with van der Waals surface area (Å²) in [5.74, 6) is 1.82. The number of aromatic nitrogens is 1. The number of aryl methyl sites for hydroxylation is 1. The summed E-state index contributed by atoms with van der Waals surface area (Å²) in [5, 5.41) is 0. The highest BCUT2D eigenvalue weighted by atomic mass is 16.5. The van der Waals surface area contributed by atoms with Crippen LogP contribution in [0, 0.1) is 12.8 Å². The molecule has 0 bridgehead atoms. The molecule has 0 fully saturated rings. The first-order valence-corrected chi connectivity index (χ1v) is 7.12. The molecule has 19 heavy (non-hydrogen) atoms. The van der Waals surface area contributed by atoms with Gasteiger partial charge in [-0.25, -0.2) is 4.98 Å². The third-order valence-corrected chi connectivity index (χ3v) is 3.62. The Bertz CT molecular complexity index is 417. The number of rotatable bonds is 6. The maximum atomic E-state index is 5.23. The molecule has 1 aromatic rings. The van der Waals surface area contributed by atoms with E-state index in [-0.39, 0.29) is 0 Å². The standard InChI is InChI=1S/C16H24N2O/c1-14-7-6-10-16(17-14)18(11-12-19-2)13-15-8-4-3-5-9-15/h3-4,6-7,10,15H,5,8-9,11-13H2,1-2H3. The Labute approximate surface area is 116 Å². The molecule has 0 saturated carbocycles. The number of methoxy groups -OCH3 is 1. The molecule has 1 aliphatic rings. The average Bonchev–Trinajstić information content (AvgIpc) is 2.44. The predicted molar refractivity (Wildman–Crippen MR) is 79.5 cm³/mol. The van der Waals surface area contributed by atoms with Gasteiger partial charge >= 0.3 is 0 Å². The molecule has 2 rings (SSSR count). The van der Waals surface area contributed by atoms with Crippen LogP contribution in [-0.2, 0) is 4.74 Å². The lowest BCUT2D eigenvalue weighted by Gasteiger charge is -2.29. The third-order valence-electron chi connectivity index (χ3n) is 3.62. The van der Waals surface area contributed by atoms with Crippen molar-refractivity contribution in [1.82, 2.24) is 4.98 Å². The lowest BCUT2D eigenvalue weighted by molar-refractivity contribution is 0.203. The smallest absolute Gasteiger partial charge is 0.128 e. The molecule has 1 unspecified atom stereocenters. The van der Waals surface area contributed by atoms with Crippen LogP contribution in [-0.4, -0.2) is 31.8 Å². The van der Waals surface area contributed by atoms with Gasteiger partial charge < -0.3 is 9.64 Å². The molecular formula is C16H24N2O. The Morgan fingerprint density at radius 1 is 1.37 bits per heavy atom. The zero-order chi connectivity index (χ0) is 13.5. The van der Waals surface area contributed by atoms with E-state index >= 15 is 0 Å². The molecule has 0 radical (unpaired) electrons. The molecule has 0 aliphatic heterocycles. The minimum absolute atomic E-state index is 0.740. The van der Waals surface area contributed by atoms with Crippen LogP contribution in [0.15, 0.2) is 30.4 Å². The van der Waals surface area contributed by atoms with E-state index < -0.39 is 0 Å². The molecule has 3 heteroatoms. The van der Waals surface area contributed by atoms with Crippen molar-refractivity contribution in [3.8, 4) is 0 Å². The lowest BCUT2D eigenvalue weighted by atomic mass is 9.94. The summed E-state index contributed by atoms with van der Waals surface area (Å²) in [6.45, 7) is 4.77. The SMILES string of the molecule is COCCN(CC1CC=CCC1)c1cccc(C)n1. The van der Waals surface area contributed by atoms with Crippen LogP contribution >= 0.6 is 0 Å². The molecule has 0 spiro atoms. The van der Waals surface area contributed by atoms with E-state index in [1.54, 1.807) is 7.11 Å². The fraction of sp³-hybridized carbons (Fsp3) is 0.562. The zero-order valence-electron chi connectivity index (χ0n) is 12.0. The van der Waals surface area contributed by atoms with Crippen LogP contribution < -0.4 is 4.90 Å². The Morgan fingerprint density at radius 2 is 2.26 bits per heavy atom. The molecule has 0 amide bonds. The van der Waals surface area contributed by atoms with Crippen LogP contribution in [0.5, 0.6) is 0 Å². The molecule has 1 aliphatic carbocycles. The second-order valence-electron chi connectivity index (χ2n) is 5.23. The summed E-state index contributed by atoms with van der Waals surface area (Å²) < 4.78 is 5.23. The quantitative estimate of drug-likeness (QED) is 0.734. The molecule has 0 saturated heterocycles. The summed E-state index contributed by atoms with van der Waals surface area (Å²) in [6, 6.07) is 6.22. The molecule has 104 valence electrons. The van der Waals surface area contributed by atoms with Crippen molar-refractivity contribution in [3.05, 3.63) is 36.0 Å². The fourth-order valence-electron chi connectivity index (χ4n) is 2.54. The van der Waals surface area contributed by atoms with E-state index in [4.69, 9.17) is 4.74 Å². The van der Waals surface area contributed by atoms with E-state index in [9.17, 15) is 0 Å². The number of allylic oxidation sites excluding steroid dienone is 2. The highest BCUT2D eigenvalue weighted by Crippen LogP contribution is 2.22. The Hall–Kier alpha value is -1.35. The van der Waals surface area contributed by atoms with Gasteiger partial charge in [0.2, 0.25) is 0 Å². The largest absolute Gasteiger partial charge is 0.383 e. The van der Waals surface area contributed by atoms with E-state index in [1.165, 1.54) is 19.3 Å². The highest BCUT2D eigenvalue weighted by Gasteiger charge is 2.16. The van der Waals surface area contributed by atoms with Crippen molar-refractivity contribution < 1.29 is 4.74 Å². The van der Waals surface area contributed by atoms with Crippen molar-refractivity contribution in [3.63, 3.8) is 0 Å². The third kappa shape index (κ3) is 4.35. The Balaban J connectivity index is 2.04.